The first-order chi connectivity index (χ1) is 11.7. The average Bonchev–Trinajstić information content (AvgIpc) is 2.40. The molecule has 0 unspecified atom stereocenters. The Hall–Kier alpha value is -1.79. The van der Waals surface area contributed by atoms with Crippen LogP contribution in [0.5, 0.6) is 0 Å². The van der Waals surface area contributed by atoms with Gasteiger partial charge in [0.15, 0.2) is 0 Å². The molecule has 0 aliphatic rings. The van der Waals surface area contributed by atoms with Crippen LogP contribution in [0.25, 0.3) is 0 Å². The molecule has 2 amide bonds. The minimum absolute atomic E-state index is 0.222. The van der Waals surface area contributed by atoms with Crippen molar-refractivity contribution >= 4 is 18.0 Å². The Labute approximate surface area is 159 Å². The number of ketones is 1. The molecule has 7 heteroatoms. The van der Waals surface area contributed by atoms with Crippen molar-refractivity contribution in [3.05, 3.63) is 0 Å². The van der Waals surface area contributed by atoms with E-state index in [1.807, 2.05) is 34.6 Å². The van der Waals surface area contributed by atoms with Crippen molar-refractivity contribution in [2.45, 2.75) is 99.2 Å². The van der Waals surface area contributed by atoms with Crippen LogP contribution in [0.4, 0.5) is 9.59 Å². The molecule has 156 valence electrons. The summed E-state index contributed by atoms with van der Waals surface area (Å²) in [6.07, 6.45) is 2.26. The van der Waals surface area contributed by atoms with E-state index in [0.717, 1.165) is 19.3 Å². The van der Waals surface area contributed by atoms with Crippen molar-refractivity contribution in [3.8, 4) is 0 Å². The maximum absolute atomic E-state index is 11.2. The fourth-order valence-corrected chi connectivity index (χ4v) is 1.48. The Morgan fingerprint density at radius 2 is 1.31 bits per heavy atom. The topological polar surface area (TPSA) is 108 Å². The number of carbonyl (C=O) groups excluding carboxylic acids is 3. The molecule has 0 aromatic rings. The lowest BCUT2D eigenvalue weighted by atomic mass is 10.1. The van der Waals surface area contributed by atoms with Crippen molar-refractivity contribution in [1.29, 1.82) is 0 Å². The van der Waals surface area contributed by atoms with E-state index in [0.29, 0.717) is 13.0 Å². The lowest BCUT2D eigenvalue weighted by Crippen LogP contribution is -2.32. The maximum atomic E-state index is 11.2. The van der Waals surface area contributed by atoms with Gasteiger partial charge in [0.25, 0.3) is 0 Å². The van der Waals surface area contributed by atoms with Gasteiger partial charge in [0.05, 0.1) is 0 Å². The van der Waals surface area contributed by atoms with Crippen LogP contribution in [0.15, 0.2) is 0 Å². The number of Topliss-reactive ketones (excluding diaryl/α,β-unsaturated/α-hetero) is 1. The molecule has 0 fully saturated rings. The van der Waals surface area contributed by atoms with Gasteiger partial charge in [0, 0.05) is 13.0 Å². The number of hydrogen-bond donors (Lipinski definition) is 2. The first-order valence-electron chi connectivity index (χ1n) is 9.17. The SMILES string of the molecule is CC.CC(=O)CCCCCNC(=O)OC(C)(C)C.CC(C)(C)OC(N)=O. The highest BCUT2D eigenvalue weighted by Crippen LogP contribution is 2.06. The third-order valence-corrected chi connectivity index (χ3v) is 2.28. The van der Waals surface area contributed by atoms with Gasteiger partial charge >= 0.3 is 12.2 Å². The van der Waals surface area contributed by atoms with Gasteiger partial charge in [0.1, 0.15) is 17.0 Å². The summed E-state index contributed by atoms with van der Waals surface area (Å²) in [4.78, 5) is 31.9. The van der Waals surface area contributed by atoms with Crippen molar-refractivity contribution in [3.63, 3.8) is 0 Å². The van der Waals surface area contributed by atoms with Gasteiger partial charge in [0.2, 0.25) is 0 Å². The van der Waals surface area contributed by atoms with Crippen LogP contribution >= 0.6 is 0 Å². The number of hydrogen-bond acceptors (Lipinski definition) is 5. The number of primary amides is 1. The summed E-state index contributed by atoms with van der Waals surface area (Å²) in [5.74, 6) is 0.222. The van der Waals surface area contributed by atoms with Gasteiger partial charge in [-0.05, 0) is 61.3 Å². The van der Waals surface area contributed by atoms with Crippen LogP contribution in [0.2, 0.25) is 0 Å². The second kappa shape index (κ2) is 15.5. The number of rotatable bonds is 6. The van der Waals surface area contributed by atoms with E-state index in [1.165, 1.54) is 0 Å². The molecule has 7 nitrogen and oxygen atoms in total. The molecular formula is C19H40N2O5. The molecule has 0 saturated carbocycles. The predicted octanol–water partition coefficient (Wildman–Crippen LogP) is 4.57. The highest BCUT2D eigenvalue weighted by atomic mass is 16.6. The third-order valence-electron chi connectivity index (χ3n) is 2.28. The molecule has 0 spiro atoms. The summed E-state index contributed by atoms with van der Waals surface area (Å²) in [5.41, 5.74) is 3.82. The van der Waals surface area contributed by atoms with E-state index in [4.69, 9.17) is 10.5 Å². The fourth-order valence-electron chi connectivity index (χ4n) is 1.48. The molecule has 0 aromatic carbocycles. The van der Waals surface area contributed by atoms with E-state index in [9.17, 15) is 14.4 Å². The minimum atomic E-state index is -0.725. The minimum Gasteiger partial charge on any atom is -0.444 e. The van der Waals surface area contributed by atoms with Gasteiger partial charge in [-0.2, -0.15) is 0 Å². The largest absolute Gasteiger partial charge is 0.444 e. The van der Waals surface area contributed by atoms with Crippen LogP contribution in [0, 0.1) is 0 Å². The first kappa shape index (κ1) is 29.0. The van der Waals surface area contributed by atoms with Crippen molar-refractivity contribution in [2.24, 2.45) is 5.73 Å². The fraction of sp³-hybridized carbons (Fsp3) is 0.842. The summed E-state index contributed by atoms with van der Waals surface area (Å²) in [7, 11) is 0. The second-order valence-electron chi connectivity index (χ2n) is 7.47. The van der Waals surface area contributed by atoms with Crippen molar-refractivity contribution in [1.82, 2.24) is 5.32 Å². The number of carbonyl (C=O) groups is 3. The van der Waals surface area contributed by atoms with Gasteiger partial charge in [-0.15, -0.1) is 0 Å². The van der Waals surface area contributed by atoms with Crippen LogP contribution in [0.3, 0.4) is 0 Å². The number of amides is 2. The molecule has 0 saturated heterocycles. The normalized spacial score (nSPS) is 10.3. The quantitative estimate of drug-likeness (QED) is 0.660. The molecule has 0 aromatic heterocycles. The van der Waals surface area contributed by atoms with Crippen molar-refractivity contribution in [2.75, 3.05) is 6.54 Å². The highest BCUT2D eigenvalue weighted by Gasteiger charge is 2.15. The molecule has 0 atom stereocenters. The summed E-state index contributed by atoms with van der Waals surface area (Å²) >= 11 is 0. The highest BCUT2D eigenvalue weighted by molar-refractivity contribution is 5.75. The Balaban J connectivity index is -0.000000444. The van der Waals surface area contributed by atoms with Gasteiger partial charge < -0.3 is 25.3 Å². The zero-order valence-corrected chi connectivity index (χ0v) is 18.2. The Kier molecular flexibility index (Phi) is 17.2. The number of nitrogens with one attached hydrogen (secondary N) is 1. The Bertz CT molecular complexity index is 396. The average molecular weight is 377 g/mol. The second-order valence-corrected chi connectivity index (χ2v) is 7.47. The molecule has 0 rings (SSSR count). The number of unbranched alkanes of at least 4 members (excludes halogenated alkanes) is 2. The molecule has 0 bridgehead atoms. The third kappa shape index (κ3) is 33.7. The molecular weight excluding hydrogens is 336 g/mol. The molecule has 0 heterocycles. The summed E-state index contributed by atoms with van der Waals surface area (Å²) in [6.45, 7) is 17.0. The number of nitrogens with two attached hydrogens (primary N) is 1. The van der Waals surface area contributed by atoms with Gasteiger partial charge in [-0.1, -0.05) is 20.3 Å². The number of alkyl carbamates (subject to hydrolysis) is 1. The maximum Gasteiger partial charge on any atom is 0.407 e. The standard InChI is InChI=1S/C12H23NO3.C5H11NO2.C2H6/c1-10(14)8-6-5-7-9-13-11(15)16-12(2,3)4;1-5(2,3)8-4(6)7;1-2/h5-9H2,1-4H3,(H,13,15);1-3H3,(H2,6,7);1-2H3. The van der Waals surface area contributed by atoms with Crippen LogP contribution in [0.1, 0.15) is 88.0 Å². The lowest BCUT2D eigenvalue weighted by Gasteiger charge is -2.19. The molecule has 3 N–H and O–H groups in total. The van der Waals surface area contributed by atoms with Crippen LogP contribution < -0.4 is 11.1 Å². The van der Waals surface area contributed by atoms with E-state index in [1.54, 1.807) is 27.7 Å². The van der Waals surface area contributed by atoms with E-state index < -0.39 is 17.3 Å². The molecule has 0 aliphatic carbocycles. The Morgan fingerprint density at radius 1 is 0.846 bits per heavy atom. The number of ether oxygens (including phenoxy) is 2. The summed E-state index contributed by atoms with van der Waals surface area (Å²) < 4.78 is 9.65. The molecule has 0 aliphatic heterocycles. The summed E-state index contributed by atoms with van der Waals surface area (Å²) in [5, 5.41) is 2.68. The van der Waals surface area contributed by atoms with Gasteiger partial charge in [-0.3, -0.25) is 0 Å². The van der Waals surface area contributed by atoms with Crippen molar-refractivity contribution < 1.29 is 23.9 Å². The van der Waals surface area contributed by atoms with Crippen LogP contribution in [-0.2, 0) is 14.3 Å². The first-order valence-corrected chi connectivity index (χ1v) is 9.17. The monoisotopic (exact) mass is 376 g/mol. The Morgan fingerprint density at radius 3 is 1.62 bits per heavy atom. The van der Waals surface area contributed by atoms with E-state index >= 15 is 0 Å². The smallest absolute Gasteiger partial charge is 0.407 e. The summed E-state index contributed by atoms with van der Waals surface area (Å²) in [6, 6.07) is 0. The predicted molar refractivity (Wildman–Crippen MR) is 105 cm³/mol. The lowest BCUT2D eigenvalue weighted by molar-refractivity contribution is -0.117. The zero-order chi connectivity index (χ0) is 21.4. The van der Waals surface area contributed by atoms with E-state index in [-0.39, 0.29) is 11.9 Å². The van der Waals surface area contributed by atoms with Crippen LogP contribution in [-0.4, -0.2) is 35.7 Å². The molecule has 0 radical (unpaired) electrons. The van der Waals surface area contributed by atoms with E-state index in [2.05, 4.69) is 10.1 Å². The zero-order valence-electron chi connectivity index (χ0n) is 18.2. The van der Waals surface area contributed by atoms with Gasteiger partial charge in [-0.25, -0.2) is 9.59 Å². The molecule has 26 heavy (non-hydrogen) atoms.